The molecule has 6 nitrogen and oxygen atoms in total. The average molecular weight is 327 g/mol. The Balaban J connectivity index is 3.25. The Morgan fingerprint density at radius 1 is 1.30 bits per heavy atom. The summed E-state index contributed by atoms with van der Waals surface area (Å²) in [7, 11) is 0. The molecule has 0 unspecified atom stereocenters. The highest BCUT2D eigenvalue weighted by molar-refractivity contribution is 6.05. The molecular weight excluding hydrogens is 312 g/mol. The van der Waals surface area contributed by atoms with Crippen LogP contribution in [0.5, 0.6) is 0 Å². The van der Waals surface area contributed by atoms with Gasteiger partial charge in [0.1, 0.15) is 5.56 Å². The summed E-state index contributed by atoms with van der Waals surface area (Å²) in [5.74, 6) is -2.64. The van der Waals surface area contributed by atoms with Crippen LogP contribution in [0, 0.1) is 15.5 Å². The van der Waals surface area contributed by atoms with Crippen molar-refractivity contribution in [3.63, 3.8) is 0 Å². The Kier molecular flexibility index (Phi) is 5.31. The lowest BCUT2D eigenvalue weighted by atomic mass is 9.88. The van der Waals surface area contributed by atoms with Gasteiger partial charge in [0.05, 0.1) is 4.92 Å². The molecule has 23 heavy (non-hydrogen) atoms. The van der Waals surface area contributed by atoms with Gasteiger partial charge in [0.25, 0.3) is 12.1 Å². The number of benzene rings is 1. The zero-order valence-corrected chi connectivity index (χ0v) is 12.8. The first-order valence-electron chi connectivity index (χ1n) is 6.48. The van der Waals surface area contributed by atoms with Crippen molar-refractivity contribution in [1.29, 1.82) is 0 Å². The van der Waals surface area contributed by atoms with E-state index in [0.29, 0.717) is 0 Å². The van der Waals surface area contributed by atoms with E-state index >= 15 is 0 Å². The minimum absolute atomic E-state index is 0.0666. The van der Waals surface area contributed by atoms with E-state index in [2.05, 4.69) is 11.3 Å². The number of esters is 2. The minimum atomic E-state index is -3.14. The number of rotatable bonds is 4. The second-order valence-corrected chi connectivity index (χ2v) is 5.70. The second-order valence-electron chi connectivity index (χ2n) is 5.70. The number of carbonyl (C=O) groups is 2. The van der Waals surface area contributed by atoms with Gasteiger partial charge < -0.3 is 4.74 Å². The summed E-state index contributed by atoms with van der Waals surface area (Å²) in [6.45, 7) is 8.39. The molecule has 124 valence electrons. The van der Waals surface area contributed by atoms with E-state index in [1.807, 2.05) is 0 Å². The third-order valence-corrected chi connectivity index (χ3v) is 3.05. The maximum absolute atomic E-state index is 13.0. The predicted octanol–water partition coefficient (Wildman–Crippen LogP) is 3.82. The van der Waals surface area contributed by atoms with Crippen LogP contribution < -0.4 is 0 Å². The van der Waals surface area contributed by atoms with E-state index in [4.69, 9.17) is 0 Å². The van der Waals surface area contributed by atoms with Gasteiger partial charge in [0.15, 0.2) is 0 Å². The predicted molar refractivity (Wildman–Crippen MR) is 77.1 cm³/mol. The van der Waals surface area contributed by atoms with Crippen molar-refractivity contribution in [1.82, 2.24) is 0 Å². The lowest BCUT2D eigenvalue weighted by Gasteiger charge is -2.19. The molecule has 0 saturated heterocycles. The van der Waals surface area contributed by atoms with Crippen molar-refractivity contribution >= 4 is 17.6 Å². The maximum atomic E-state index is 13.0. The Bertz CT molecular complexity index is 677. The normalized spacial score (nSPS) is 11.2. The highest BCUT2D eigenvalue weighted by Crippen LogP contribution is 2.31. The molecule has 0 heterocycles. The van der Waals surface area contributed by atoms with Gasteiger partial charge in [-0.2, -0.15) is 0 Å². The van der Waals surface area contributed by atoms with Crippen LogP contribution in [0.25, 0.3) is 0 Å². The molecule has 0 amide bonds. The number of carbonyl (C=O) groups excluding carboxylic acids is 2. The van der Waals surface area contributed by atoms with E-state index in [0.717, 1.165) is 18.2 Å². The van der Waals surface area contributed by atoms with Crippen LogP contribution in [-0.2, 0) is 9.53 Å². The van der Waals surface area contributed by atoms with Gasteiger partial charge in [-0.15, -0.1) is 0 Å². The number of hydrogen-bond donors (Lipinski definition) is 0. The van der Waals surface area contributed by atoms with Crippen molar-refractivity contribution in [3.8, 4) is 0 Å². The molecule has 0 saturated carbocycles. The third-order valence-electron chi connectivity index (χ3n) is 3.05. The molecule has 1 aromatic rings. The number of hydrogen-bond acceptors (Lipinski definition) is 5. The molecule has 0 aliphatic heterocycles. The molecule has 0 spiro atoms. The molecule has 0 aliphatic rings. The Hall–Kier alpha value is -2.64. The molecule has 0 bridgehead atoms. The van der Waals surface area contributed by atoms with Crippen molar-refractivity contribution < 1.29 is 28.0 Å². The van der Waals surface area contributed by atoms with E-state index in [1.165, 1.54) is 0 Å². The fraction of sp³-hybridized carbons (Fsp3) is 0.333. The summed E-state index contributed by atoms with van der Waals surface area (Å²) >= 11 is 0. The standard InChI is InChI=1S/C15H15F2NO5/c1-8(15(2,3)4)13(19)23-14(20)11-9(12(16)17)6-5-7-10(11)18(21)22/h5-7,12H,1H2,2-4H3. The fourth-order valence-electron chi connectivity index (χ4n) is 1.62. The summed E-state index contributed by atoms with van der Waals surface area (Å²) < 4.78 is 30.5. The van der Waals surface area contributed by atoms with Crippen LogP contribution >= 0.6 is 0 Å². The first-order chi connectivity index (χ1) is 10.5. The molecular formula is C15H15F2NO5. The van der Waals surface area contributed by atoms with Crippen LogP contribution in [0.15, 0.2) is 30.4 Å². The third kappa shape index (κ3) is 4.18. The molecule has 0 N–H and O–H groups in total. The zero-order valence-electron chi connectivity index (χ0n) is 12.8. The van der Waals surface area contributed by atoms with Gasteiger partial charge in [-0.1, -0.05) is 39.5 Å². The lowest BCUT2D eigenvalue weighted by Crippen LogP contribution is -2.23. The van der Waals surface area contributed by atoms with Gasteiger partial charge in [0.2, 0.25) is 0 Å². The van der Waals surface area contributed by atoms with Crippen LogP contribution in [0.2, 0.25) is 0 Å². The van der Waals surface area contributed by atoms with Gasteiger partial charge >= 0.3 is 11.9 Å². The first-order valence-corrected chi connectivity index (χ1v) is 6.48. The zero-order chi connectivity index (χ0) is 17.9. The van der Waals surface area contributed by atoms with E-state index in [9.17, 15) is 28.5 Å². The van der Waals surface area contributed by atoms with Crippen molar-refractivity contribution in [2.24, 2.45) is 5.41 Å². The fourth-order valence-corrected chi connectivity index (χ4v) is 1.62. The van der Waals surface area contributed by atoms with E-state index in [-0.39, 0.29) is 5.57 Å². The first kappa shape index (κ1) is 18.4. The SMILES string of the molecule is C=C(C(=O)OC(=O)c1c(C(F)F)cccc1[N+](=O)[O-])C(C)(C)C. The number of alkyl halides is 2. The number of nitro benzene ring substituents is 1. The highest BCUT2D eigenvalue weighted by Gasteiger charge is 2.32. The van der Waals surface area contributed by atoms with E-state index < -0.39 is 45.5 Å². The molecule has 0 aromatic heterocycles. The smallest absolute Gasteiger partial charge is 0.353 e. The maximum Gasteiger partial charge on any atom is 0.353 e. The van der Waals surface area contributed by atoms with E-state index in [1.54, 1.807) is 20.8 Å². The molecule has 0 radical (unpaired) electrons. The van der Waals surface area contributed by atoms with Crippen molar-refractivity contribution in [2.75, 3.05) is 0 Å². The number of halogens is 2. The molecule has 1 aromatic carbocycles. The number of nitro groups is 1. The summed E-state index contributed by atoms with van der Waals surface area (Å²) in [4.78, 5) is 33.8. The van der Waals surface area contributed by atoms with Crippen LogP contribution in [0.4, 0.5) is 14.5 Å². The minimum Gasteiger partial charge on any atom is -0.386 e. The van der Waals surface area contributed by atoms with Gasteiger partial charge in [0, 0.05) is 17.2 Å². The Labute approximate surface area is 130 Å². The summed E-state index contributed by atoms with van der Waals surface area (Å²) in [6.07, 6.45) is -3.14. The molecule has 0 fully saturated rings. The molecule has 1 rings (SSSR count). The molecule has 0 atom stereocenters. The van der Waals surface area contributed by atoms with Crippen LogP contribution in [-0.4, -0.2) is 16.9 Å². The molecule has 8 heteroatoms. The van der Waals surface area contributed by atoms with Gasteiger partial charge in [-0.25, -0.2) is 18.4 Å². The van der Waals surface area contributed by atoms with Crippen molar-refractivity contribution in [3.05, 3.63) is 51.6 Å². The summed E-state index contributed by atoms with van der Waals surface area (Å²) in [5, 5.41) is 10.9. The number of nitrogens with zero attached hydrogens (tertiary/aromatic N) is 1. The second kappa shape index (κ2) is 6.64. The van der Waals surface area contributed by atoms with Gasteiger partial charge in [-0.05, 0) is 5.41 Å². The topological polar surface area (TPSA) is 86.5 Å². The van der Waals surface area contributed by atoms with Crippen molar-refractivity contribution in [2.45, 2.75) is 27.2 Å². The lowest BCUT2D eigenvalue weighted by molar-refractivity contribution is -0.385. The number of ether oxygens (including phenoxy) is 1. The highest BCUT2D eigenvalue weighted by atomic mass is 19.3. The monoisotopic (exact) mass is 327 g/mol. The molecule has 0 aliphatic carbocycles. The quantitative estimate of drug-likeness (QED) is 0.276. The summed E-state index contributed by atoms with van der Waals surface area (Å²) in [5.41, 5.74) is -3.46. The Morgan fingerprint density at radius 2 is 1.87 bits per heavy atom. The van der Waals surface area contributed by atoms with Crippen LogP contribution in [0.3, 0.4) is 0 Å². The van der Waals surface area contributed by atoms with Crippen LogP contribution in [0.1, 0.15) is 43.1 Å². The largest absolute Gasteiger partial charge is 0.386 e. The average Bonchev–Trinajstić information content (AvgIpc) is 2.44. The Morgan fingerprint density at radius 3 is 2.30 bits per heavy atom. The summed E-state index contributed by atoms with van der Waals surface area (Å²) in [6, 6.07) is 2.76. The van der Waals surface area contributed by atoms with Gasteiger partial charge in [-0.3, -0.25) is 10.1 Å².